The Balaban J connectivity index is 2.57. The van der Waals surface area contributed by atoms with E-state index in [1.807, 2.05) is 19.1 Å². The van der Waals surface area contributed by atoms with E-state index < -0.39 is 0 Å². The van der Waals surface area contributed by atoms with Crippen LogP contribution in [-0.4, -0.2) is 31.3 Å². The van der Waals surface area contributed by atoms with Crippen molar-refractivity contribution in [1.82, 2.24) is 4.98 Å². The van der Waals surface area contributed by atoms with Crippen molar-refractivity contribution in [2.45, 2.75) is 13.0 Å². The number of hydrogen-bond donors (Lipinski definition) is 2. The molecule has 0 aromatic carbocycles. The SMILES string of the molecule is COCC(CN)Nc1cc(C)ccn1. The van der Waals surface area contributed by atoms with Gasteiger partial charge in [-0.3, -0.25) is 0 Å². The van der Waals surface area contributed by atoms with Gasteiger partial charge in [0.15, 0.2) is 0 Å². The van der Waals surface area contributed by atoms with Gasteiger partial charge in [0.25, 0.3) is 0 Å². The summed E-state index contributed by atoms with van der Waals surface area (Å²) in [7, 11) is 1.66. The van der Waals surface area contributed by atoms with Crippen molar-refractivity contribution >= 4 is 5.82 Å². The Morgan fingerprint density at radius 1 is 1.64 bits per heavy atom. The minimum absolute atomic E-state index is 0.120. The van der Waals surface area contributed by atoms with Gasteiger partial charge in [-0.2, -0.15) is 0 Å². The van der Waals surface area contributed by atoms with Gasteiger partial charge < -0.3 is 15.8 Å². The lowest BCUT2D eigenvalue weighted by Gasteiger charge is -2.16. The molecule has 0 fully saturated rings. The highest BCUT2D eigenvalue weighted by atomic mass is 16.5. The molecule has 0 amide bonds. The van der Waals surface area contributed by atoms with Crippen molar-refractivity contribution in [3.63, 3.8) is 0 Å². The van der Waals surface area contributed by atoms with Crippen molar-refractivity contribution in [1.29, 1.82) is 0 Å². The van der Waals surface area contributed by atoms with Crippen LogP contribution < -0.4 is 11.1 Å². The minimum atomic E-state index is 0.120. The van der Waals surface area contributed by atoms with Crippen LogP contribution in [0.3, 0.4) is 0 Å². The lowest BCUT2D eigenvalue weighted by molar-refractivity contribution is 0.187. The van der Waals surface area contributed by atoms with Crippen molar-refractivity contribution in [3.05, 3.63) is 23.9 Å². The van der Waals surface area contributed by atoms with E-state index in [4.69, 9.17) is 10.5 Å². The van der Waals surface area contributed by atoms with Crippen molar-refractivity contribution in [3.8, 4) is 0 Å². The maximum Gasteiger partial charge on any atom is 0.126 e. The lowest BCUT2D eigenvalue weighted by Crippen LogP contribution is -2.33. The van der Waals surface area contributed by atoms with Gasteiger partial charge in [0, 0.05) is 19.9 Å². The van der Waals surface area contributed by atoms with Crippen LogP contribution in [0.25, 0.3) is 0 Å². The van der Waals surface area contributed by atoms with Gasteiger partial charge in [0.05, 0.1) is 12.6 Å². The Labute approximate surface area is 84.5 Å². The Morgan fingerprint density at radius 2 is 2.43 bits per heavy atom. The van der Waals surface area contributed by atoms with Crippen LogP contribution in [0.1, 0.15) is 5.56 Å². The first-order chi connectivity index (χ1) is 6.76. The smallest absolute Gasteiger partial charge is 0.126 e. The van der Waals surface area contributed by atoms with E-state index >= 15 is 0 Å². The third-order valence-corrected chi connectivity index (χ3v) is 1.92. The minimum Gasteiger partial charge on any atom is -0.383 e. The first kappa shape index (κ1) is 10.9. The predicted molar refractivity (Wildman–Crippen MR) is 57.3 cm³/mol. The molecule has 1 atom stereocenters. The molecule has 1 rings (SSSR count). The lowest BCUT2D eigenvalue weighted by atomic mass is 10.2. The van der Waals surface area contributed by atoms with Crippen molar-refractivity contribution in [2.24, 2.45) is 5.73 Å². The number of rotatable bonds is 5. The molecule has 1 heterocycles. The molecule has 0 aliphatic heterocycles. The normalized spacial score (nSPS) is 12.5. The van der Waals surface area contributed by atoms with Crippen LogP contribution in [0.5, 0.6) is 0 Å². The van der Waals surface area contributed by atoms with E-state index in [0.717, 1.165) is 5.82 Å². The van der Waals surface area contributed by atoms with Crippen LogP contribution in [0, 0.1) is 6.92 Å². The summed E-state index contributed by atoms with van der Waals surface area (Å²) < 4.78 is 5.03. The summed E-state index contributed by atoms with van der Waals surface area (Å²) in [5.74, 6) is 0.845. The quantitative estimate of drug-likeness (QED) is 0.728. The Bertz CT molecular complexity index is 278. The number of pyridine rings is 1. The van der Waals surface area contributed by atoms with Crippen LogP contribution in [-0.2, 0) is 4.74 Å². The molecule has 4 heteroatoms. The average molecular weight is 195 g/mol. The van der Waals surface area contributed by atoms with Crippen molar-refractivity contribution in [2.75, 3.05) is 25.6 Å². The molecule has 0 aliphatic rings. The second-order valence-electron chi connectivity index (χ2n) is 3.25. The number of methoxy groups -OCH3 is 1. The summed E-state index contributed by atoms with van der Waals surface area (Å²) in [6.07, 6.45) is 1.78. The fourth-order valence-corrected chi connectivity index (χ4v) is 1.19. The van der Waals surface area contributed by atoms with E-state index in [-0.39, 0.29) is 6.04 Å². The molecule has 0 saturated heterocycles. The predicted octanol–water partition coefficient (Wildman–Crippen LogP) is 0.776. The van der Waals surface area contributed by atoms with Crippen LogP contribution in [0.2, 0.25) is 0 Å². The molecule has 1 unspecified atom stereocenters. The van der Waals surface area contributed by atoms with Crippen LogP contribution in [0.15, 0.2) is 18.3 Å². The third-order valence-electron chi connectivity index (χ3n) is 1.92. The molecule has 3 N–H and O–H groups in total. The van der Waals surface area contributed by atoms with E-state index in [1.165, 1.54) is 5.56 Å². The molecule has 14 heavy (non-hydrogen) atoms. The highest BCUT2D eigenvalue weighted by molar-refractivity contribution is 5.38. The number of aromatic nitrogens is 1. The number of nitrogens with one attached hydrogen (secondary N) is 1. The number of nitrogens with two attached hydrogens (primary N) is 1. The largest absolute Gasteiger partial charge is 0.383 e. The monoisotopic (exact) mass is 195 g/mol. The van der Waals surface area contributed by atoms with Gasteiger partial charge in [-0.05, 0) is 24.6 Å². The molecule has 78 valence electrons. The van der Waals surface area contributed by atoms with Gasteiger partial charge >= 0.3 is 0 Å². The number of aryl methyl sites for hydroxylation is 1. The summed E-state index contributed by atoms with van der Waals surface area (Å²) >= 11 is 0. The molecule has 0 radical (unpaired) electrons. The van der Waals surface area contributed by atoms with Crippen molar-refractivity contribution < 1.29 is 4.74 Å². The van der Waals surface area contributed by atoms with E-state index in [2.05, 4.69) is 10.3 Å². The average Bonchev–Trinajstić information content (AvgIpc) is 2.17. The number of ether oxygens (including phenoxy) is 1. The van der Waals surface area contributed by atoms with Gasteiger partial charge in [-0.25, -0.2) is 4.98 Å². The van der Waals surface area contributed by atoms with Crippen LogP contribution in [0.4, 0.5) is 5.82 Å². The summed E-state index contributed by atoms with van der Waals surface area (Å²) in [6.45, 7) is 3.15. The first-order valence-electron chi connectivity index (χ1n) is 4.64. The Kier molecular flexibility index (Phi) is 4.35. The molecule has 0 spiro atoms. The van der Waals surface area contributed by atoms with E-state index in [0.29, 0.717) is 13.2 Å². The van der Waals surface area contributed by atoms with Gasteiger partial charge in [-0.15, -0.1) is 0 Å². The summed E-state index contributed by atoms with van der Waals surface area (Å²) in [5.41, 5.74) is 6.75. The topological polar surface area (TPSA) is 60.2 Å². The zero-order valence-electron chi connectivity index (χ0n) is 8.66. The summed E-state index contributed by atoms with van der Waals surface area (Å²) in [6, 6.07) is 4.06. The molecular weight excluding hydrogens is 178 g/mol. The molecule has 4 nitrogen and oxygen atoms in total. The second-order valence-corrected chi connectivity index (χ2v) is 3.25. The van der Waals surface area contributed by atoms with Gasteiger partial charge in [0.1, 0.15) is 5.82 Å². The highest BCUT2D eigenvalue weighted by Crippen LogP contribution is 2.06. The van der Waals surface area contributed by atoms with Gasteiger partial charge in [-0.1, -0.05) is 0 Å². The van der Waals surface area contributed by atoms with Crippen LogP contribution >= 0.6 is 0 Å². The summed E-state index contributed by atoms with van der Waals surface area (Å²) in [5, 5.41) is 3.21. The molecular formula is C10H17N3O. The zero-order valence-corrected chi connectivity index (χ0v) is 8.66. The third kappa shape index (κ3) is 3.32. The maximum atomic E-state index is 5.57. The Morgan fingerprint density at radius 3 is 3.00 bits per heavy atom. The first-order valence-corrected chi connectivity index (χ1v) is 4.64. The van der Waals surface area contributed by atoms with Gasteiger partial charge in [0.2, 0.25) is 0 Å². The molecule has 1 aromatic rings. The number of hydrogen-bond acceptors (Lipinski definition) is 4. The van der Waals surface area contributed by atoms with E-state index in [1.54, 1.807) is 13.3 Å². The fourth-order valence-electron chi connectivity index (χ4n) is 1.19. The molecule has 0 bridgehead atoms. The molecule has 0 aliphatic carbocycles. The number of anilines is 1. The maximum absolute atomic E-state index is 5.57. The molecule has 0 saturated carbocycles. The number of nitrogens with zero attached hydrogens (tertiary/aromatic N) is 1. The second kappa shape index (κ2) is 5.57. The molecule has 1 aromatic heterocycles. The fraction of sp³-hybridized carbons (Fsp3) is 0.500. The zero-order chi connectivity index (χ0) is 10.4. The summed E-state index contributed by atoms with van der Waals surface area (Å²) in [4.78, 5) is 4.19. The van der Waals surface area contributed by atoms with E-state index in [9.17, 15) is 0 Å². The Hall–Kier alpha value is -1.13. The highest BCUT2D eigenvalue weighted by Gasteiger charge is 2.05. The standard InChI is InChI=1S/C10H17N3O/c1-8-3-4-12-10(5-8)13-9(6-11)7-14-2/h3-5,9H,6-7,11H2,1-2H3,(H,12,13).